The second-order valence-electron chi connectivity index (χ2n) is 6.02. The lowest BCUT2D eigenvalue weighted by Gasteiger charge is -2.12. The lowest BCUT2D eigenvalue weighted by atomic mass is 10.1. The van der Waals surface area contributed by atoms with E-state index < -0.39 is 0 Å². The molecule has 1 N–H and O–H groups in total. The minimum Gasteiger partial charge on any atom is -0.491 e. The van der Waals surface area contributed by atoms with Gasteiger partial charge in [-0.25, -0.2) is 0 Å². The highest BCUT2D eigenvalue weighted by atomic mass is 16.5. The monoisotopic (exact) mass is 327 g/mol. The van der Waals surface area contributed by atoms with Crippen molar-refractivity contribution in [2.45, 2.75) is 27.7 Å². The summed E-state index contributed by atoms with van der Waals surface area (Å²) in [5.41, 5.74) is 4.44. The molecule has 0 aliphatic rings. The highest BCUT2D eigenvalue weighted by Crippen LogP contribution is 2.19. The van der Waals surface area contributed by atoms with Gasteiger partial charge in [0.1, 0.15) is 18.1 Å². The summed E-state index contributed by atoms with van der Waals surface area (Å²) in [6.07, 6.45) is 0. The fraction of sp³-hybridized carbons (Fsp3) is 0.350. The number of nitrogens with one attached hydrogen (secondary N) is 1. The molecule has 0 unspecified atom stereocenters. The Hall–Kier alpha value is -2.49. The topological polar surface area (TPSA) is 47.6 Å². The van der Waals surface area contributed by atoms with Crippen LogP contribution in [-0.2, 0) is 4.79 Å². The molecule has 4 nitrogen and oxygen atoms in total. The van der Waals surface area contributed by atoms with E-state index in [2.05, 4.69) is 5.32 Å². The van der Waals surface area contributed by atoms with Crippen LogP contribution in [0.1, 0.15) is 22.3 Å². The summed E-state index contributed by atoms with van der Waals surface area (Å²) in [5.74, 6) is 1.44. The number of carbonyl (C=O) groups is 1. The van der Waals surface area contributed by atoms with Crippen molar-refractivity contribution in [2.75, 3.05) is 19.8 Å². The van der Waals surface area contributed by atoms with Gasteiger partial charge in [0.15, 0.2) is 6.61 Å². The maximum Gasteiger partial charge on any atom is 0.258 e. The van der Waals surface area contributed by atoms with Crippen molar-refractivity contribution in [2.24, 2.45) is 0 Å². The van der Waals surface area contributed by atoms with Crippen molar-refractivity contribution in [1.29, 1.82) is 0 Å². The first-order chi connectivity index (χ1) is 11.5. The third-order valence-corrected chi connectivity index (χ3v) is 3.71. The molecule has 24 heavy (non-hydrogen) atoms. The number of carbonyl (C=O) groups excluding carboxylic acids is 1. The Morgan fingerprint density at radius 2 is 1.58 bits per heavy atom. The Kier molecular flexibility index (Phi) is 6.24. The summed E-state index contributed by atoms with van der Waals surface area (Å²) in [7, 11) is 0. The fourth-order valence-corrected chi connectivity index (χ4v) is 2.37. The summed E-state index contributed by atoms with van der Waals surface area (Å²) in [5, 5.41) is 2.80. The van der Waals surface area contributed by atoms with Gasteiger partial charge in [0.2, 0.25) is 0 Å². The second-order valence-corrected chi connectivity index (χ2v) is 6.02. The molecule has 2 rings (SSSR count). The largest absolute Gasteiger partial charge is 0.491 e. The molecule has 0 saturated heterocycles. The minimum absolute atomic E-state index is 0.00732. The Balaban J connectivity index is 1.70. The molecule has 0 radical (unpaired) electrons. The van der Waals surface area contributed by atoms with Gasteiger partial charge in [-0.15, -0.1) is 0 Å². The second kappa shape index (κ2) is 8.39. The summed E-state index contributed by atoms with van der Waals surface area (Å²) in [6.45, 7) is 8.91. The lowest BCUT2D eigenvalue weighted by molar-refractivity contribution is -0.123. The van der Waals surface area contributed by atoms with Crippen LogP contribution in [0.3, 0.4) is 0 Å². The Morgan fingerprint density at radius 3 is 2.33 bits per heavy atom. The fourth-order valence-electron chi connectivity index (χ4n) is 2.37. The van der Waals surface area contributed by atoms with Crippen LogP contribution in [0.5, 0.6) is 11.5 Å². The normalized spacial score (nSPS) is 10.3. The maximum absolute atomic E-state index is 11.8. The zero-order valence-corrected chi connectivity index (χ0v) is 14.8. The molecule has 0 spiro atoms. The van der Waals surface area contributed by atoms with Crippen LogP contribution in [-0.4, -0.2) is 25.7 Å². The molecule has 4 heteroatoms. The zero-order chi connectivity index (χ0) is 17.5. The van der Waals surface area contributed by atoms with Crippen molar-refractivity contribution in [3.63, 3.8) is 0 Å². The molecule has 0 saturated carbocycles. The van der Waals surface area contributed by atoms with E-state index in [1.54, 1.807) is 0 Å². The third kappa shape index (κ3) is 5.30. The van der Waals surface area contributed by atoms with Gasteiger partial charge in [-0.05, 0) is 56.5 Å². The summed E-state index contributed by atoms with van der Waals surface area (Å²) >= 11 is 0. The van der Waals surface area contributed by atoms with Gasteiger partial charge in [-0.1, -0.05) is 29.8 Å². The van der Waals surface area contributed by atoms with Gasteiger partial charge in [-0.3, -0.25) is 4.79 Å². The SMILES string of the molecule is Cc1ccc(OCC(=O)NCCOc2cc(C)ccc2C)c(C)c1. The van der Waals surface area contributed by atoms with E-state index in [0.717, 1.165) is 28.2 Å². The molecule has 0 aromatic heterocycles. The molecule has 2 aromatic rings. The molecule has 0 aliphatic carbocycles. The number of aryl methyl sites for hydroxylation is 4. The van der Waals surface area contributed by atoms with Crippen LogP contribution in [0.4, 0.5) is 0 Å². The van der Waals surface area contributed by atoms with Crippen LogP contribution >= 0.6 is 0 Å². The van der Waals surface area contributed by atoms with Crippen LogP contribution in [0.2, 0.25) is 0 Å². The predicted octanol–water partition coefficient (Wildman–Crippen LogP) is 3.49. The first kappa shape index (κ1) is 17.9. The van der Waals surface area contributed by atoms with E-state index >= 15 is 0 Å². The predicted molar refractivity (Wildman–Crippen MR) is 95.8 cm³/mol. The summed E-state index contributed by atoms with van der Waals surface area (Å²) in [4.78, 5) is 11.8. The summed E-state index contributed by atoms with van der Waals surface area (Å²) in [6, 6.07) is 12.0. The molecule has 0 atom stereocenters. The first-order valence-electron chi connectivity index (χ1n) is 8.12. The average Bonchev–Trinajstić information content (AvgIpc) is 2.54. The van der Waals surface area contributed by atoms with Crippen molar-refractivity contribution in [1.82, 2.24) is 5.32 Å². The third-order valence-electron chi connectivity index (χ3n) is 3.71. The summed E-state index contributed by atoms with van der Waals surface area (Å²) < 4.78 is 11.3. The maximum atomic E-state index is 11.8. The lowest BCUT2D eigenvalue weighted by Crippen LogP contribution is -2.32. The molecule has 128 valence electrons. The van der Waals surface area contributed by atoms with Gasteiger partial charge in [0.25, 0.3) is 5.91 Å². The molecular formula is C20H25NO3. The Labute approximate surface area is 143 Å². The molecule has 0 fully saturated rings. The van der Waals surface area contributed by atoms with E-state index in [4.69, 9.17) is 9.47 Å². The van der Waals surface area contributed by atoms with E-state index in [0.29, 0.717) is 13.2 Å². The number of hydrogen-bond acceptors (Lipinski definition) is 3. The number of hydrogen-bond donors (Lipinski definition) is 1. The van der Waals surface area contributed by atoms with Crippen LogP contribution in [0, 0.1) is 27.7 Å². The highest BCUT2D eigenvalue weighted by molar-refractivity contribution is 5.77. The van der Waals surface area contributed by atoms with Crippen LogP contribution < -0.4 is 14.8 Å². The van der Waals surface area contributed by atoms with Gasteiger partial charge in [0.05, 0.1) is 6.54 Å². The number of rotatable bonds is 7. The van der Waals surface area contributed by atoms with E-state index in [1.807, 2.05) is 64.1 Å². The smallest absolute Gasteiger partial charge is 0.258 e. The van der Waals surface area contributed by atoms with E-state index in [9.17, 15) is 4.79 Å². The Morgan fingerprint density at radius 1 is 0.875 bits per heavy atom. The van der Waals surface area contributed by atoms with Crippen molar-refractivity contribution in [3.05, 3.63) is 58.7 Å². The number of ether oxygens (including phenoxy) is 2. The Bertz CT molecular complexity index is 710. The van der Waals surface area contributed by atoms with Crippen molar-refractivity contribution < 1.29 is 14.3 Å². The van der Waals surface area contributed by atoms with Crippen LogP contribution in [0.15, 0.2) is 36.4 Å². The van der Waals surface area contributed by atoms with Crippen LogP contribution in [0.25, 0.3) is 0 Å². The highest BCUT2D eigenvalue weighted by Gasteiger charge is 2.05. The van der Waals surface area contributed by atoms with E-state index in [1.165, 1.54) is 5.56 Å². The zero-order valence-electron chi connectivity index (χ0n) is 14.8. The van der Waals surface area contributed by atoms with Crippen molar-refractivity contribution >= 4 is 5.91 Å². The standard InChI is InChI=1S/C20H25NO3/c1-14-6-8-18(17(4)11-14)24-13-20(22)21-9-10-23-19-12-15(2)5-7-16(19)3/h5-8,11-12H,9-10,13H2,1-4H3,(H,21,22). The van der Waals surface area contributed by atoms with Gasteiger partial charge in [0, 0.05) is 0 Å². The molecule has 0 aliphatic heterocycles. The molecule has 1 amide bonds. The number of benzene rings is 2. The minimum atomic E-state index is -0.153. The molecule has 2 aromatic carbocycles. The first-order valence-corrected chi connectivity index (χ1v) is 8.12. The van der Waals surface area contributed by atoms with Gasteiger partial charge in [-0.2, -0.15) is 0 Å². The molecular weight excluding hydrogens is 302 g/mol. The number of amides is 1. The molecule has 0 heterocycles. The quantitative estimate of drug-likeness (QED) is 0.792. The van der Waals surface area contributed by atoms with Gasteiger partial charge < -0.3 is 14.8 Å². The van der Waals surface area contributed by atoms with E-state index in [-0.39, 0.29) is 12.5 Å². The van der Waals surface area contributed by atoms with Gasteiger partial charge >= 0.3 is 0 Å². The molecule has 0 bridgehead atoms. The average molecular weight is 327 g/mol. The van der Waals surface area contributed by atoms with Crippen molar-refractivity contribution in [3.8, 4) is 11.5 Å².